The molecule has 8 heteroatoms. The van der Waals surface area contributed by atoms with Gasteiger partial charge < -0.3 is 12.9 Å². The molecule has 1 aromatic rings. The third-order valence-electron chi connectivity index (χ3n) is 1.89. The quantitative estimate of drug-likeness (QED) is 0.441. The number of alkyl halides is 3. The number of rotatable bonds is 2. The summed E-state index contributed by atoms with van der Waals surface area (Å²) in [6.45, 7) is -5.49. The molecule has 0 aliphatic heterocycles. The minimum atomic E-state index is -5.49. The van der Waals surface area contributed by atoms with Crippen LogP contribution in [0.4, 0.5) is 26.1 Å². The minimum absolute atomic E-state index is 0.192. The summed E-state index contributed by atoms with van der Waals surface area (Å²) >= 11 is 0. The van der Waals surface area contributed by atoms with Gasteiger partial charge in [-0.2, -0.15) is 13.2 Å². The zero-order valence-electron chi connectivity index (χ0n) is 7.56. The van der Waals surface area contributed by atoms with Crippen LogP contribution in [0.15, 0.2) is 18.2 Å². The topological polar surface area (TPSA) is 17.1 Å². The third kappa shape index (κ3) is 2.56. The summed E-state index contributed by atoms with van der Waals surface area (Å²) in [5.74, 6) is 0. The van der Waals surface area contributed by atoms with E-state index in [1.165, 1.54) is 0 Å². The fourth-order valence-electron chi connectivity index (χ4n) is 1.15. The van der Waals surface area contributed by atoms with Crippen LogP contribution in [0.5, 0.6) is 0 Å². The van der Waals surface area contributed by atoms with Crippen LogP contribution in [0.1, 0.15) is 15.9 Å². The molecule has 88 valence electrons. The summed E-state index contributed by atoms with van der Waals surface area (Å²) in [5.41, 5.74) is -3.59. The maximum atomic E-state index is 12.3. The molecular weight excluding hydrogens is 237 g/mol. The van der Waals surface area contributed by atoms with Gasteiger partial charge in [0.2, 0.25) is 0 Å². The van der Waals surface area contributed by atoms with Crippen LogP contribution in [0.25, 0.3) is 0 Å². The summed E-state index contributed by atoms with van der Waals surface area (Å²) in [6, 6.07) is 0.766. The van der Waals surface area contributed by atoms with Crippen molar-refractivity contribution in [2.24, 2.45) is 0 Å². The molecule has 0 bridgehead atoms. The lowest BCUT2D eigenvalue weighted by Crippen LogP contribution is -2.37. The third-order valence-corrected chi connectivity index (χ3v) is 1.89. The summed E-state index contributed by atoms with van der Waals surface area (Å²) in [7, 11) is 0. The number of hydrogen-bond acceptors (Lipinski definition) is 1. The number of benzene rings is 1. The van der Waals surface area contributed by atoms with E-state index in [1.807, 2.05) is 0 Å². The molecule has 0 saturated heterocycles. The lowest BCUT2D eigenvalue weighted by Gasteiger charge is -2.18. The minimum Gasteiger partial charge on any atom is -0.445 e. The zero-order chi connectivity index (χ0) is 12.6. The number of carbonyl (C=O) groups is 1. The fourth-order valence-corrected chi connectivity index (χ4v) is 1.15. The Morgan fingerprint density at radius 2 is 1.69 bits per heavy atom. The van der Waals surface area contributed by atoms with Crippen molar-refractivity contribution in [1.29, 1.82) is 0 Å². The smallest absolute Gasteiger partial charge is 0.445 e. The molecule has 1 aromatic carbocycles. The Morgan fingerprint density at radius 1 is 1.12 bits per heavy atom. The highest BCUT2D eigenvalue weighted by molar-refractivity contribution is 6.74. The number of carbonyl (C=O) groups excluding carboxylic acids is 1. The maximum absolute atomic E-state index is 12.3. The second kappa shape index (κ2) is 3.84. The molecule has 0 aliphatic rings. The molecule has 0 aromatic heterocycles. The molecule has 0 radical (unpaired) electrons. The van der Waals surface area contributed by atoms with E-state index < -0.39 is 29.7 Å². The monoisotopic (exact) mass is 241 g/mol. The van der Waals surface area contributed by atoms with Crippen LogP contribution in [0.3, 0.4) is 0 Å². The Bertz CT molecular complexity index is 408. The number of aldehydes is 1. The summed E-state index contributed by atoms with van der Waals surface area (Å²) in [5, 5.41) is 0. The van der Waals surface area contributed by atoms with Gasteiger partial charge in [-0.05, 0) is 11.6 Å². The molecule has 0 N–H and O–H groups in total. The summed E-state index contributed by atoms with van der Waals surface area (Å²) < 4.78 is 73.3. The molecule has 16 heavy (non-hydrogen) atoms. The van der Waals surface area contributed by atoms with Crippen molar-refractivity contribution in [3.63, 3.8) is 0 Å². The van der Waals surface area contributed by atoms with Gasteiger partial charge in [-0.15, -0.1) is 0 Å². The Labute approximate surface area is 86.1 Å². The molecule has 1 rings (SSSR count). The molecule has 0 heterocycles. The molecule has 0 unspecified atom stereocenters. The number of hydrogen-bond donors (Lipinski definition) is 0. The first-order valence-electron chi connectivity index (χ1n) is 4.02. The van der Waals surface area contributed by atoms with Gasteiger partial charge in [0.1, 0.15) is 6.29 Å². The van der Waals surface area contributed by atoms with Crippen molar-refractivity contribution in [2.75, 3.05) is 0 Å². The lowest BCUT2D eigenvalue weighted by atomic mass is 9.76. The second-order valence-electron chi connectivity index (χ2n) is 3.03. The Morgan fingerprint density at radius 3 is 2.06 bits per heavy atom. The fraction of sp³-hybridized carbons (Fsp3) is 0.125. The molecule has 0 spiro atoms. The summed E-state index contributed by atoms with van der Waals surface area (Å²) in [6.07, 6.45) is -5.01. The van der Waals surface area contributed by atoms with Crippen LogP contribution in [0.2, 0.25) is 0 Å². The predicted molar refractivity (Wildman–Crippen MR) is 45.5 cm³/mol. The summed E-state index contributed by atoms with van der Waals surface area (Å²) in [4.78, 5) is 10.3. The van der Waals surface area contributed by atoms with E-state index in [0.717, 1.165) is 0 Å². The van der Waals surface area contributed by atoms with Gasteiger partial charge in [-0.1, -0.05) is 17.6 Å². The van der Waals surface area contributed by atoms with Crippen LogP contribution in [0, 0.1) is 0 Å². The number of halogens is 6. The van der Waals surface area contributed by atoms with Gasteiger partial charge in [-0.3, -0.25) is 4.79 Å². The van der Waals surface area contributed by atoms with Gasteiger partial charge in [0, 0.05) is 0 Å². The Kier molecular flexibility index (Phi) is 3.02. The van der Waals surface area contributed by atoms with E-state index in [0.29, 0.717) is 6.07 Å². The van der Waals surface area contributed by atoms with Gasteiger partial charge in [0.05, 0.1) is 5.56 Å². The highest BCUT2D eigenvalue weighted by Crippen LogP contribution is 2.29. The SMILES string of the molecule is O=Cc1cc(C(F)(F)F)ccc1[B-](F)(F)F. The van der Waals surface area contributed by atoms with Crippen molar-refractivity contribution in [3.05, 3.63) is 29.3 Å². The van der Waals surface area contributed by atoms with E-state index >= 15 is 0 Å². The van der Waals surface area contributed by atoms with Crippen LogP contribution >= 0.6 is 0 Å². The van der Waals surface area contributed by atoms with Crippen molar-refractivity contribution in [2.45, 2.75) is 6.18 Å². The normalized spacial score (nSPS) is 12.6. The lowest BCUT2D eigenvalue weighted by molar-refractivity contribution is -0.137. The van der Waals surface area contributed by atoms with Crippen molar-refractivity contribution < 1.29 is 30.9 Å². The zero-order valence-corrected chi connectivity index (χ0v) is 7.56. The van der Waals surface area contributed by atoms with Crippen LogP contribution in [-0.2, 0) is 6.18 Å². The average Bonchev–Trinajstić information content (AvgIpc) is 2.14. The highest BCUT2D eigenvalue weighted by atomic mass is 19.4. The molecule has 0 atom stereocenters. The maximum Gasteiger partial charge on any atom is 0.510 e. The first kappa shape index (κ1) is 12.6. The first-order chi connectivity index (χ1) is 7.16. The van der Waals surface area contributed by atoms with E-state index in [2.05, 4.69) is 0 Å². The standard InChI is InChI=1S/C8H4BF6O/c10-8(11,12)6-1-2-7(9(13,14)15)5(3-6)4-16/h1-4H/q-1. The van der Waals surface area contributed by atoms with Crippen LogP contribution < -0.4 is 5.46 Å². The molecular formula is C8H4BF6O-. The van der Waals surface area contributed by atoms with Crippen molar-refractivity contribution >= 4 is 18.7 Å². The Hall–Kier alpha value is -1.47. The van der Waals surface area contributed by atoms with E-state index in [-0.39, 0.29) is 18.4 Å². The van der Waals surface area contributed by atoms with Gasteiger partial charge in [-0.25, -0.2) is 0 Å². The van der Waals surface area contributed by atoms with Crippen molar-refractivity contribution in [3.8, 4) is 0 Å². The van der Waals surface area contributed by atoms with Gasteiger partial charge in [0.25, 0.3) is 0 Å². The van der Waals surface area contributed by atoms with E-state index in [1.54, 1.807) is 0 Å². The average molecular weight is 241 g/mol. The molecule has 0 amide bonds. The first-order valence-corrected chi connectivity index (χ1v) is 4.02. The van der Waals surface area contributed by atoms with E-state index in [9.17, 15) is 30.9 Å². The van der Waals surface area contributed by atoms with Gasteiger partial charge >= 0.3 is 13.2 Å². The molecule has 0 aliphatic carbocycles. The predicted octanol–water partition coefficient (Wildman–Crippen LogP) is 2.57. The molecule has 0 fully saturated rings. The van der Waals surface area contributed by atoms with Gasteiger partial charge in [0.15, 0.2) is 0 Å². The highest BCUT2D eigenvalue weighted by Gasteiger charge is 2.34. The second-order valence-corrected chi connectivity index (χ2v) is 3.03. The molecule has 0 saturated carbocycles. The molecule has 1 nitrogen and oxygen atoms in total. The van der Waals surface area contributed by atoms with Crippen molar-refractivity contribution in [1.82, 2.24) is 0 Å². The van der Waals surface area contributed by atoms with Crippen LogP contribution in [-0.4, -0.2) is 13.3 Å². The largest absolute Gasteiger partial charge is 0.510 e. The van der Waals surface area contributed by atoms with E-state index in [4.69, 9.17) is 0 Å². The Balaban J connectivity index is 3.34.